The largest absolute Gasteiger partial charge is 0.444 e. The quantitative estimate of drug-likeness (QED) is 0.363. The molecule has 2 aromatic carbocycles. The average Bonchev–Trinajstić information content (AvgIpc) is 2.86. The second-order valence-electron chi connectivity index (χ2n) is 11.7. The van der Waals surface area contributed by atoms with E-state index < -0.39 is 23.8 Å². The first kappa shape index (κ1) is 30.7. The van der Waals surface area contributed by atoms with Crippen LogP contribution in [-0.4, -0.2) is 40.5 Å². The van der Waals surface area contributed by atoms with Gasteiger partial charge in [-0.3, -0.25) is 9.59 Å². The average molecular weight is 546 g/mol. The van der Waals surface area contributed by atoms with Crippen LogP contribution >= 0.6 is 0 Å². The van der Waals surface area contributed by atoms with Gasteiger partial charge in [-0.1, -0.05) is 62.6 Å². The maximum atomic E-state index is 14.5. The molecule has 2 aromatic rings. The van der Waals surface area contributed by atoms with Crippen molar-refractivity contribution in [2.45, 2.75) is 97.9 Å². The number of carbonyl (C=O) groups excluding carboxylic acids is 3. The van der Waals surface area contributed by atoms with Gasteiger partial charge in [0.2, 0.25) is 5.91 Å². The lowest BCUT2D eigenvalue weighted by Gasteiger charge is -2.44. The summed E-state index contributed by atoms with van der Waals surface area (Å²) in [5.41, 5.74) is 2.95. The molecule has 3 unspecified atom stereocenters. The number of carbonyl (C=O) groups is 3. The van der Waals surface area contributed by atoms with E-state index in [-0.39, 0.29) is 23.8 Å². The van der Waals surface area contributed by atoms with E-state index in [4.69, 9.17) is 11.2 Å². The molecule has 0 aromatic heterocycles. The molecule has 1 fully saturated rings. The number of benzene rings is 2. The van der Waals surface area contributed by atoms with Crippen molar-refractivity contribution in [3.05, 3.63) is 64.7 Å². The summed E-state index contributed by atoms with van der Waals surface area (Å²) in [5, 5.41) is 5.93. The Hall–Kier alpha value is -3.79. The van der Waals surface area contributed by atoms with E-state index in [2.05, 4.69) is 16.6 Å². The number of nitrogens with one attached hydrogen (secondary N) is 2. The van der Waals surface area contributed by atoms with Crippen molar-refractivity contribution in [3.8, 4) is 12.3 Å². The number of amides is 3. The molecule has 0 radical (unpaired) electrons. The number of nitrogens with zero attached hydrogens (tertiary/aromatic N) is 1. The van der Waals surface area contributed by atoms with Crippen molar-refractivity contribution >= 4 is 23.6 Å². The molecule has 1 aliphatic carbocycles. The molecule has 0 aliphatic heterocycles. The highest BCUT2D eigenvalue weighted by Gasteiger charge is 2.43. The predicted octanol–water partition coefficient (Wildman–Crippen LogP) is 6.29. The molecule has 214 valence electrons. The Morgan fingerprint density at radius 1 is 1.07 bits per heavy atom. The third-order valence-corrected chi connectivity index (χ3v) is 7.54. The highest BCUT2D eigenvalue weighted by Crippen LogP contribution is 2.36. The summed E-state index contributed by atoms with van der Waals surface area (Å²) in [7, 11) is 0. The van der Waals surface area contributed by atoms with Crippen molar-refractivity contribution in [2.24, 2.45) is 5.92 Å². The Morgan fingerprint density at radius 2 is 1.70 bits per heavy atom. The first-order valence-corrected chi connectivity index (χ1v) is 14.1. The Kier molecular flexibility index (Phi) is 10.0. The van der Waals surface area contributed by atoms with Gasteiger partial charge in [-0.2, -0.15) is 0 Å². The molecule has 0 saturated heterocycles. The molecule has 1 aliphatic rings. The number of ether oxygens (including phenoxy) is 1. The van der Waals surface area contributed by atoms with Gasteiger partial charge in [0.1, 0.15) is 17.7 Å². The minimum atomic E-state index is -0.990. The Morgan fingerprint density at radius 3 is 2.23 bits per heavy atom. The van der Waals surface area contributed by atoms with Gasteiger partial charge in [0, 0.05) is 17.3 Å². The predicted molar refractivity (Wildman–Crippen MR) is 159 cm³/mol. The van der Waals surface area contributed by atoms with E-state index in [1.807, 2.05) is 64.1 Å². The molecule has 7 nitrogen and oxygen atoms in total. The fraction of sp³-hybridized carbons (Fsp3) is 0.485. The van der Waals surface area contributed by atoms with Crippen LogP contribution in [0.3, 0.4) is 0 Å². The van der Waals surface area contributed by atoms with E-state index in [9.17, 15) is 14.4 Å². The van der Waals surface area contributed by atoms with Gasteiger partial charge in [0.15, 0.2) is 0 Å². The van der Waals surface area contributed by atoms with E-state index in [0.29, 0.717) is 23.2 Å². The second kappa shape index (κ2) is 13.0. The lowest BCUT2D eigenvalue weighted by molar-refractivity contribution is -0.147. The summed E-state index contributed by atoms with van der Waals surface area (Å²) >= 11 is 0. The van der Waals surface area contributed by atoms with Gasteiger partial charge in [-0.05, 0) is 82.6 Å². The minimum absolute atomic E-state index is 0.168. The van der Waals surface area contributed by atoms with Crippen LogP contribution in [0.1, 0.15) is 88.6 Å². The second-order valence-corrected chi connectivity index (χ2v) is 11.7. The first-order valence-electron chi connectivity index (χ1n) is 14.1. The molecule has 2 N–H and O–H groups in total. The smallest absolute Gasteiger partial charge is 0.408 e. The van der Waals surface area contributed by atoms with Crippen LogP contribution in [0.4, 0.5) is 10.5 Å². The molecule has 3 rings (SSSR count). The van der Waals surface area contributed by atoms with Gasteiger partial charge >= 0.3 is 6.09 Å². The van der Waals surface area contributed by atoms with Crippen molar-refractivity contribution in [1.82, 2.24) is 10.2 Å². The summed E-state index contributed by atoms with van der Waals surface area (Å²) < 4.78 is 5.50. The van der Waals surface area contributed by atoms with E-state index in [0.717, 1.165) is 30.4 Å². The standard InChI is InChI=1S/C33H43N3O4/c1-9-21(3)28(35-32(39)40-33(6,7)8)31(38)36(25-18-14-19-25)29(26-20-12-11-17-24(26)10-2)30(37)34-27-22(4)15-13-16-23(27)5/h2,11-13,15-17,20-21,25,28-29H,9,14,18-19H2,1,3-8H3,(H,34,37)(H,35,39). The van der Waals surface area contributed by atoms with Crippen molar-refractivity contribution in [2.75, 3.05) is 5.32 Å². The minimum Gasteiger partial charge on any atom is -0.444 e. The zero-order chi connectivity index (χ0) is 29.6. The topological polar surface area (TPSA) is 87.7 Å². The summed E-state index contributed by atoms with van der Waals surface area (Å²) in [4.78, 5) is 43.3. The number of para-hydroxylation sites is 1. The number of hydrogen-bond donors (Lipinski definition) is 2. The van der Waals surface area contributed by atoms with Crippen LogP contribution in [0.25, 0.3) is 0 Å². The summed E-state index contributed by atoms with van der Waals surface area (Å²) in [5.74, 6) is 1.83. The zero-order valence-corrected chi connectivity index (χ0v) is 24.8. The molecular weight excluding hydrogens is 502 g/mol. The van der Waals surface area contributed by atoms with Crippen LogP contribution in [0.2, 0.25) is 0 Å². The maximum Gasteiger partial charge on any atom is 0.408 e. The highest BCUT2D eigenvalue weighted by molar-refractivity contribution is 6.00. The Labute approximate surface area is 239 Å². The lowest BCUT2D eigenvalue weighted by Crippen LogP contribution is -2.58. The molecule has 0 spiro atoms. The molecule has 7 heteroatoms. The van der Waals surface area contributed by atoms with Gasteiger partial charge < -0.3 is 20.3 Å². The Balaban J connectivity index is 2.12. The molecule has 3 atom stereocenters. The van der Waals surface area contributed by atoms with Gasteiger partial charge in [-0.15, -0.1) is 6.42 Å². The van der Waals surface area contributed by atoms with Crippen LogP contribution < -0.4 is 10.6 Å². The fourth-order valence-corrected chi connectivity index (χ4v) is 4.95. The van der Waals surface area contributed by atoms with Crippen LogP contribution in [0.5, 0.6) is 0 Å². The summed E-state index contributed by atoms with van der Waals surface area (Å²) in [6.07, 6.45) is 8.33. The van der Waals surface area contributed by atoms with Crippen LogP contribution in [0.15, 0.2) is 42.5 Å². The number of anilines is 1. The molecule has 0 bridgehead atoms. The zero-order valence-electron chi connectivity index (χ0n) is 24.8. The highest BCUT2D eigenvalue weighted by atomic mass is 16.6. The third-order valence-electron chi connectivity index (χ3n) is 7.54. The number of alkyl carbamates (subject to hydrolysis) is 1. The van der Waals surface area contributed by atoms with Gasteiger partial charge in [-0.25, -0.2) is 4.79 Å². The van der Waals surface area contributed by atoms with Crippen LogP contribution in [0, 0.1) is 32.1 Å². The maximum absolute atomic E-state index is 14.5. The number of terminal acetylenes is 1. The summed E-state index contributed by atoms with van der Waals surface area (Å²) in [6, 6.07) is 11.0. The molecule has 40 heavy (non-hydrogen) atoms. The fourth-order valence-electron chi connectivity index (χ4n) is 4.95. The van der Waals surface area contributed by atoms with E-state index in [1.54, 1.807) is 31.7 Å². The van der Waals surface area contributed by atoms with Crippen molar-refractivity contribution in [3.63, 3.8) is 0 Å². The first-order chi connectivity index (χ1) is 18.9. The number of rotatable bonds is 9. The number of aryl methyl sites for hydroxylation is 2. The monoisotopic (exact) mass is 545 g/mol. The normalized spacial score (nSPS) is 15.6. The SMILES string of the molecule is C#Cc1ccccc1C(C(=O)Nc1c(C)cccc1C)N(C(=O)C(NC(=O)OC(C)(C)C)C(C)CC)C1CCC1. The van der Waals surface area contributed by atoms with Crippen LogP contribution in [-0.2, 0) is 14.3 Å². The lowest BCUT2D eigenvalue weighted by atomic mass is 9.86. The molecule has 3 amide bonds. The molecular formula is C33H43N3O4. The molecule has 0 heterocycles. The summed E-state index contributed by atoms with van der Waals surface area (Å²) in [6.45, 7) is 13.1. The van der Waals surface area contributed by atoms with E-state index in [1.165, 1.54) is 0 Å². The number of hydrogen-bond acceptors (Lipinski definition) is 4. The van der Waals surface area contributed by atoms with Crippen molar-refractivity contribution in [1.29, 1.82) is 0 Å². The van der Waals surface area contributed by atoms with Crippen molar-refractivity contribution < 1.29 is 19.1 Å². The molecule has 1 saturated carbocycles. The Bertz CT molecular complexity index is 1250. The van der Waals surface area contributed by atoms with Gasteiger partial charge in [0.25, 0.3) is 5.91 Å². The third kappa shape index (κ3) is 7.24. The van der Waals surface area contributed by atoms with Gasteiger partial charge in [0.05, 0.1) is 0 Å². The van der Waals surface area contributed by atoms with E-state index >= 15 is 0 Å².